The summed E-state index contributed by atoms with van der Waals surface area (Å²) in [6.07, 6.45) is 1.16. The third-order valence-corrected chi connectivity index (χ3v) is 5.89. The maximum Gasteiger partial charge on any atom is 0.256 e. The normalized spacial score (nSPS) is 12.0. The van der Waals surface area contributed by atoms with E-state index >= 15 is 0 Å². The van der Waals surface area contributed by atoms with Crippen LogP contribution in [0.1, 0.15) is 38.9 Å². The minimum Gasteiger partial charge on any atom is -0.496 e. The number of carbonyl (C=O) groups is 2. The van der Waals surface area contributed by atoms with Crippen molar-refractivity contribution in [3.05, 3.63) is 70.9 Å². The minimum atomic E-state index is -0.290. The van der Waals surface area contributed by atoms with Crippen LogP contribution in [0.3, 0.4) is 0 Å². The molecule has 0 unspecified atom stereocenters. The Balaban J connectivity index is 1.63. The Bertz CT molecular complexity index is 1310. The van der Waals surface area contributed by atoms with Crippen molar-refractivity contribution in [1.82, 2.24) is 15.2 Å². The van der Waals surface area contributed by atoms with Crippen molar-refractivity contribution >= 4 is 23.3 Å². The van der Waals surface area contributed by atoms with Gasteiger partial charge in [-0.1, -0.05) is 6.92 Å². The fourth-order valence-corrected chi connectivity index (χ4v) is 4.07. The minimum absolute atomic E-state index is 0.119. The lowest BCUT2D eigenvalue weighted by Gasteiger charge is -2.14. The first-order valence-corrected chi connectivity index (χ1v) is 11.3. The van der Waals surface area contributed by atoms with Crippen LogP contribution in [0.2, 0.25) is 0 Å². The standard InChI is InChI=1S/C27H28N4O4/c1-6-21-18(12-14-24(28-21)35-5)19-11-13-22(34-4)20-15-23(29-25(19)20)30-26(32)16-7-9-17(10-8-16)27(33)31(2)3/h7-14H,6,15H2,1-5H3,(H,29,30,32). The number of ether oxygens (including phenoxy) is 2. The average molecular weight is 473 g/mol. The van der Waals surface area contributed by atoms with Gasteiger partial charge in [0.15, 0.2) is 0 Å². The maximum absolute atomic E-state index is 12.9. The van der Waals surface area contributed by atoms with E-state index in [0.29, 0.717) is 35.0 Å². The summed E-state index contributed by atoms with van der Waals surface area (Å²) in [5.74, 6) is 1.39. The van der Waals surface area contributed by atoms with Crippen molar-refractivity contribution in [2.45, 2.75) is 19.8 Å². The van der Waals surface area contributed by atoms with E-state index in [-0.39, 0.29) is 11.8 Å². The molecule has 8 heteroatoms. The quantitative estimate of drug-likeness (QED) is 0.584. The van der Waals surface area contributed by atoms with E-state index < -0.39 is 0 Å². The van der Waals surface area contributed by atoms with E-state index in [1.54, 1.807) is 52.6 Å². The van der Waals surface area contributed by atoms with E-state index in [1.807, 2.05) is 31.2 Å². The lowest BCUT2D eigenvalue weighted by atomic mass is 9.97. The van der Waals surface area contributed by atoms with Crippen LogP contribution < -0.4 is 14.8 Å². The predicted molar refractivity (Wildman–Crippen MR) is 135 cm³/mol. The number of hydrogen-bond acceptors (Lipinski definition) is 6. The van der Waals surface area contributed by atoms with Crippen LogP contribution in [-0.2, 0) is 12.8 Å². The molecule has 0 fully saturated rings. The number of nitrogens with one attached hydrogen (secondary N) is 1. The molecule has 0 saturated heterocycles. The van der Waals surface area contributed by atoms with Crippen LogP contribution >= 0.6 is 0 Å². The van der Waals surface area contributed by atoms with Gasteiger partial charge >= 0.3 is 0 Å². The van der Waals surface area contributed by atoms with Gasteiger partial charge in [0.25, 0.3) is 11.8 Å². The SMILES string of the molecule is CCc1nc(OC)ccc1-c1ccc(OC)c2c1N=C(NC(=O)c1ccc(C(=O)N(C)C)cc1)C2. The number of aryl methyl sites for hydroxylation is 1. The Hall–Kier alpha value is -4.20. The number of benzene rings is 2. The molecule has 1 N–H and O–H groups in total. The summed E-state index contributed by atoms with van der Waals surface area (Å²) >= 11 is 0. The molecule has 8 nitrogen and oxygen atoms in total. The Morgan fingerprint density at radius 2 is 1.63 bits per heavy atom. The third kappa shape index (κ3) is 4.73. The fraction of sp³-hybridized carbons (Fsp3) is 0.259. The van der Waals surface area contributed by atoms with Crippen molar-refractivity contribution in [1.29, 1.82) is 0 Å². The number of amidine groups is 1. The summed E-state index contributed by atoms with van der Waals surface area (Å²) in [6, 6.07) is 14.3. The first-order chi connectivity index (χ1) is 16.9. The van der Waals surface area contributed by atoms with Crippen LogP contribution in [0.25, 0.3) is 11.1 Å². The van der Waals surface area contributed by atoms with Gasteiger partial charge in [0.2, 0.25) is 5.88 Å². The molecule has 0 atom stereocenters. The molecular formula is C27H28N4O4. The molecule has 0 spiro atoms. The summed E-state index contributed by atoms with van der Waals surface area (Å²) < 4.78 is 10.9. The zero-order valence-corrected chi connectivity index (χ0v) is 20.5. The molecule has 4 rings (SSSR count). The number of hydrogen-bond donors (Lipinski definition) is 1. The van der Waals surface area contributed by atoms with Gasteiger partial charge in [0.1, 0.15) is 11.6 Å². The molecule has 0 saturated carbocycles. The Morgan fingerprint density at radius 1 is 0.943 bits per heavy atom. The molecule has 0 radical (unpaired) electrons. The van der Waals surface area contributed by atoms with Crippen molar-refractivity contribution < 1.29 is 19.1 Å². The number of nitrogens with zero attached hydrogens (tertiary/aromatic N) is 3. The van der Waals surface area contributed by atoms with E-state index in [2.05, 4.69) is 10.3 Å². The maximum atomic E-state index is 12.9. The van der Waals surface area contributed by atoms with Crippen LogP contribution in [0.15, 0.2) is 53.5 Å². The molecule has 1 aliphatic rings. The Labute approximate surface area is 204 Å². The highest BCUT2D eigenvalue weighted by Gasteiger charge is 2.25. The molecule has 0 aliphatic carbocycles. The molecule has 1 aromatic heterocycles. The smallest absolute Gasteiger partial charge is 0.256 e. The van der Waals surface area contributed by atoms with E-state index in [4.69, 9.17) is 14.5 Å². The second-order valence-corrected chi connectivity index (χ2v) is 8.31. The van der Waals surface area contributed by atoms with E-state index in [1.165, 1.54) is 4.90 Å². The zero-order valence-electron chi connectivity index (χ0n) is 20.5. The zero-order chi connectivity index (χ0) is 25.1. The molecule has 1 aliphatic heterocycles. The fourth-order valence-electron chi connectivity index (χ4n) is 4.07. The monoisotopic (exact) mass is 472 g/mol. The lowest BCUT2D eigenvalue weighted by molar-refractivity contribution is 0.0826. The number of amides is 2. The second kappa shape index (κ2) is 9.97. The van der Waals surface area contributed by atoms with Gasteiger partial charge in [-0.25, -0.2) is 9.98 Å². The summed E-state index contributed by atoms with van der Waals surface area (Å²) in [7, 11) is 6.59. The van der Waals surface area contributed by atoms with Gasteiger partial charge < -0.3 is 19.7 Å². The average Bonchev–Trinajstić information content (AvgIpc) is 3.30. The van der Waals surface area contributed by atoms with E-state index in [0.717, 1.165) is 34.5 Å². The Morgan fingerprint density at radius 3 is 2.26 bits per heavy atom. The number of fused-ring (bicyclic) bond motifs is 1. The topological polar surface area (TPSA) is 93.1 Å². The summed E-state index contributed by atoms with van der Waals surface area (Å²) in [5, 5.41) is 2.91. The van der Waals surface area contributed by atoms with Gasteiger partial charge in [-0.05, 0) is 48.9 Å². The van der Waals surface area contributed by atoms with Crippen molar-refractivity contribution in [3.8, 4) is 22.8 Å². The molecule has 2 aromatic carbocycles. The number of rotatable bonds is 6. The molecule has 0 bridgehead atoms. The van der Waals surface area contributed by atoms with Crippen molar-refractivity contribution in [3.63, 3.8) is 0 Å². The number of methoxy groups -OCH3 is 2. The molecule has 180 valence electrons. The summed E-state index contributed by atoms with van der Waals surface area (Å²) in [6.45, 7) is 2.04. The van der Waals surface area contributed by atoms with Gasteiger partial charge in [-0.2, -0.15) is 0 Å². The summed E-state index contributed by atoms with van der Waals surface area (Å²) in [4.78, 5) is 35.9. The molecule has 3 aromatic rings. The largest absolute Gasteiger partial charge is 0.496 e. The van der Waals surface area contributed by atoms with E-state index in [9.17, 15) is 9.59 Å². The van der Waals surface area contributed by atoms with Gasteiger partial charge in [0.05, 0.1) is 25.6 Å². The highest BCUT2D eigenvalue weighted by molar-refractivity contribution is 6.10. The first-order valence-electron chi connectivity index (χ1n) is 11.3. The molecule has 35 heavy (non-hydrogen) atoms. The number of aromatic nitrogens is 1. The van der Waals surface area contributed by atoms with Crippen LogP contribution in [-0.4, -0.2) is 55.8 Å². The lowest BCUT2D eigenvalue weighted by Crippen LogP contribution is -2.30. The highest BCUT2D eigenvalue weighted by Crippen LogP contribution is 2.43. The second-order valence-electron chi connectivity index (χ2n) is 8.31. The van der Waals surface area contributed by atoms with Crippen molar-refractivity contribution in [2.24, 2.45) is 4.99 Å². The van der Waals surface area contributed by atoms with Gasteiger partial charge in [0, 0.05) is 54.4 Å². The number of carbonyl (C=O) groups excluding carboxylic acids is 2. The third-order valence-electron chi connectivity index (χ3n) is 5.89. The first kappa shape index (κ1) is 23.9. The molecular weight excluding hydrogens is 444 g/mol. The van der Waals surface area contributed by atoms with Gasteiger partial charge in [-0.15, -0.1) is 0 Å². The molecule has 2 amide bonds. The van der Waals surface area contributed by atoms with Crippen LogP contribution in [0.4, 0.5) is 5.69 Å². The van der Waals surface area contributed by atoms with Crippen LogP contribution in [0, 0.1) is 0 Å². The Kier molecular flexibility index (Phi) is 6.82. The van der Waals surface area contributed by atoms with Crippen LogP contribution in [0.5, 0.6) is 11.6 Å². The highest BCUT2D eigenvalue weighted by atomic mass is 16.5. The number of pyridine rings is 1. The van der Waals surface area contributed by atoms with Crippen molar-refractivity contribution in [2.75, 3.05) is 28.3 Å². The van der Waals surface area contributed by atoms with Gasteiger partial charge in [-0.3, -0.25) is 9.59 Å². The summed E-state index contributed by atoms with van der Waals surface area (Å²) in [5.41, 5.74) is 5.41. The predicted octanol–water partition coefficient (Wildman–Crippen LogP) is 4.05. The number of aliphatic imine (C=N–C) groups is 1. The molecule has 2 heterocycles.